The van der Waals surface area contributed by atoms with Gasteiger partial charge in [0, 0.05) is 44.2 Å². The molecule has 0 aliphatic rings. The summed E-state index contributed by atoms with van der Waals surface area (Å²) in [5, 5.41) is 4.07. The van der Waals surface area contributed by atoms with E-state index in [1.807, 2.05) is 12.3 Å². The summed E-state index contributed by atoms with van der Waals surface area (Å²) in [5.74, 6) is 0.0970. The van der Waals surface area contributed by atoms with E-state index in [1.165, 1.54) is 4.90 Å². The van der Waals surface area contributed by atoms with E-state index in [9.17, 15) is 13.2 Å². The Hall–Kier alpha value is -1.37. The number of carbonyl (C=O) groups is 1. The minimum atomic E-state index is -3.06. The summed E-state index contributed by atoms with van der Waals surface area (Å²) >= 11 is 0. The van der Waals surface area contributed by atoms with Crippen LogP contribution in [0.3, 0.4) is 0 Å². The molecule has 0 spiro atoms. The van der Waals surface area contributed by atoms with E-state index in [0.29, 0.717) is 19.4 Å². The van der Waals surface area contributed by atoms with Gasteiger partial charge in [-0.2, -0.15) is 5.10 Å². The van der Waals surface area contributed by atoms with Gasteiger partial charge in [-0.25, -0.2) is 8.42 Å². The van der Waals surface area contributed by atoms with Crippen LogP contribution in [0, 0.1) is 0 Å². The van der Waals surface area contributed by atoms with Crippen LogP contribution >= 0.6 is 0 Å². The molecule has 0 aliphatic heterocycles. The summed E-state index contributed by atoms with van der Waals surface area (Å²) in [6.07, 6.45) is 4.64. The van der Waals surface area contributed by atoms with E-state index in [1.54, 1.807) is 31.8 Å². The largest absolute Gasteiger partial charge is 0.342 e. The lowest BCUT2D eigenvalue weighted by Gasteiger charge is -2.24. The fraction of sp³-hybridized carbons (Fsp3) is 0.692. The fourth-order valence-corrected chi connectivity index (χ4v) is 3.04. The van der Waals surface area contributed by atoms with Gasteiger partial charge < -0.3 is 4.90 Å². The summed E-state index contributed by atoms with van der Waals surface area (Å²) in [5.41, 5.74) is 0. The molecule has 0 saturated heterocycles. The third-order valence-electron chi connectivity index (χ3n) is 3.33. The molecule has 114 valence electrons. The maximum Gasteiger partial charge on any atom is 0.222 e. The van der Waals surface area contributed by atoms with Crippen LogP contribution in [-0.2, 0) is 21.2 Å². The summed E-state index contributed by atoms with van der Waals surface area (Å²) in [4.78, 5) is 13.5. The highest BCUT2D eigenvalue weighted by molar-refractivity contribution is 7.91. The van der Waals surface area contributed by atoms with Gasteiger partial charge in [0.25, 0.3) is 0 Å². The lowest BCUT2D eigenvalue weighted by atomic mass is 10.2. The molecule has 1 rings (SSSR count). The lowest BCUT2D eigenvalue weighted by molar-refractivity contribution is -0.131. The molecule has 0 N–H and O–H groups in total. The third-order valence-corrected chi connectivity index (χ3v) is 5.20. The van der Waals surface area contributed by atoms with Gasteiger partial charge in [0.05, 0.1) is 5.75 Å². The van der Waals surface area contributed by atoms with E-state index in [2.05, 4.69) is 5.10 Å². The molecule has 0 fully saturated rings. The Morgan fingerprint density at radius 1 is 1.45 bits per heavy atom. The molecule has 1 unspecified atom stereocenters. The van der Waals surface area contributed by atoms with Crippen LogP contribution in [0.1, 0.15) is 26.7 Å². The number of rotatable bonds is 8. The second-order valence-corrected chi connectivity index (χ2v) is 7.32. The van der Waals surface area contributed by atoms with E-state index in [0.717, 1.165) is 0 Å². The zero-order valence-electron chi connectivity index (χ0n) is 12.3. The average molecular weight is 301 g/mol. The highest BCUT2D eigenvalue weighted by Gasteiger charge is 2.20. The number of aryl methyl sites for hydroxylation is 1. The van der Waals surface area contributed by atoms with Crippen LogP contribution in [0.15, 0.2) is 18.5 Å². The molecule has 20 heavy (non-hydrogen) atoms. The van der Waals surface area contributed by atoms with Crippen LogP contribution < -0.4 is 0 Å². The summed E-state index contributed by atoms with van der Waals surface area (Å²) in [6, 6.07) is 1.54. The Morgan fingerprint density at radius 3 is 2.70 bits per heavy atom. The molecule has 0 aromatic carbocycles. The van der Waals surface area contributed by atoms with E-state index in [4.69, 9.17) is 0 Å². The average Bonchev–Trinajstić information content (AvgIpc) is 2.90. The molecule has 7 heteroatoms. The maximum atomic E-state index is 12.0. The monoisotopic (exact) mass is 301 g/mol. The topological polar surface area (TPSA) is 72.3 Å². The van der Waals surface area contributed by atoms with Crippen LogP contribution in [0.5, 0.6) is 0 Å². The molecule has 1 aromatic heterocycles. The molecule has 6 nitrogen and oxygen atoms in total. The summed E-state index contributed by atoms with van der Waals surface area (Å²) < 4.78 is 24.9. The smallest absolute Gasteiger partial charge is 0.222 e. The first-order chi connectivity index (χ1) is 9.35. The van der Waals surface area contributed by atoms with Crippen molar-refractivity contribution < 1.29 is 13.2 Å². The molecule has 0 saturated carbocycles. The Morgan fingerprint density at radius 2 is 2.15 bits per heavy atom. The van der Waals surface area contributed by atoms with Crippen LogP contribution in [0.2, 0.25) is 0 Å². The normalized spacial score (nSPS) is 13.2. The van der Waals surface area contributed by atoms with E-state index >= 15 is 0 Å². The molecule has 0 aliphatic carbocycles. The highest BCUT2D eigenvalue weighted by atomic mass is 32.2. The number of amides is 1. The molecular weight excluding hydrogens is 278 g/mol. The predicted molar refractivity (Wildman–Crippen MR) is 78.0 cm³/mol. The molecular formula is C13H23N3O3S. The van der Waals surface area contributed by atoms with Crippen molar-refractivity contribution in [1.29, 1.82) is 0 Å². The quantitative estimate of drug-likeness (QED) is 0.716. The standard InChI is InChI=1S/C13H23N3O3S/c1-4-20(18,19)11-12(2)15(3)13(17)7-5-9-16-10-6-8-14-16/h6,8,10,12H,4-5,7,9,11H2,1-3H3. The van der Waals surface area contributed by atoms with Gasteiger partial charge in [0.15, 0.2) is 9.84 Å². The van der Waals surface area contributed by atoms with Crippen molar-refractivity contribution in [3.8, 4) is 0 Å². The van der Waals surface area contributed by atoms with Gasteiger partial charge >= 0.3 is 0 Å². The number of carbonyl (C=O) groups excluding carboxylic acids is 1. The Kier molecular flexibility index (Phi) is 6.19. The maximum absolute atomic E-state index is 12.0. The minimum Gasteiger partial charge on any atom is -0.342 e. The second-order valence-electron chi connectivity index (χ2n) is 4.93. The van der Waals surface area contributed by atoms with Crippen molar-refractivity contribution in [3.63, 3.8) is 0 Å². The first-order valence-electron chi connectivity index (χ1n) is 6.79. The third kappa shape index (κ3) is 5.32. The number of aromatic nitrogens is 2. The number of nitrogens with zero attached hydrogens (tertiary/aromatic N) is 3. The van der Waals surface area contributed by atoms with Crippen LogP contribution in [-0.4, -0.2) is 53.6 Å². The van der Waals surface area contributed by atoms with Crippen molar-refractivity contribution in [2.45, 2.75) is 39.3 Å². The highest BCUT2D eigenvalue weighted by Crippen LogP contribution is 2.06. The van der Waals surface area contributed by atoms with Gasteiger partial charge in [-0.1, -0.05) is 6.92 Å². The first-order valence-corrected chi connectivity index (χ1v) is 8.61. The summed E-state index contributed by atoms with van der Waals surface area (Å²) in [7, 11) is -1.40. The molecule has 0 bridgehead atoms. The van der Waals surface area contributed by atoms with Gasteiger partial charge in [0.1, 0.15) is 0 Å². The van der Waals surface area contributed by atoms with Crippen molar-refractivity contribution >= 4 is 15.7 Å². The van der Waals surface area contributed by atoms with Gasteiger partial charge in [0.2, 0.25) is 5.91 Å². The molecule has 0 radical (unpaired) electrons. The van der Waals surface area contributed by atoms with Crippen LogP contribution in [0.4, 0.5) is 0 Å². The molecule has 1 aromatic rings. The fourth-order valence-electron chi connectivity index (χ4n) is 1.84. The molecule has 1 heterocycles. The Bertz CT molecular complexity index is 511. The van der Waals surface area contributed by atoms with Gasteiger partial charge in [-0.15, -0.1) is 0 Å². The van der Waals surface area contributed by atoms with Crippen molar-refractivity contribution in [1.82, 2.24) is 14.7 Å². The Labute approximate surface area is 120 Å². The van der Waals surface area contributed by atoms with E-state index in [-0.39, 0.29) is 23.5 Å². The van der Waals surface area contributed by atoms with Gasteiger partial charge in [-0.05, 0) is 19.4 Å². The number of sulfone groups is 1. The predicted octanol–water partition coefficient (Wildman–Crippen LogP) is 0.945. The second kappa shape index (κ2) is 7.42. The first kappa shape index (κ1) is 16.7. The van der Waals surface area contributed by atoms with Crippen LogP contribution in [0.25, 0.3) is 0 Å². The molecule has 1 atom stereocenters. The lowest BCUT2D eigenvalue weighted by Crippen LogP contribution is -2.39. The van der Waals surface area contributed by atoms with Crippen molar-refractivity contribution in [3.05, 3.63) is 18.5 Å². The zero-order chi connectivity index (χ0) is 15.2. The minimum absolute atomic E-state index is 0.0187. The SMILES string of the molecule is CCS(=O)(=O)CC(C)N(C)C(=O)CCCn1cccn1. The van der Waals surface area contributed by atoms with E-state index < -0.39 is 9.84 Å². The molecule has 1 amide bonds. The van der Waals surface area contributed by atoms with Crippen molar-refractivity contribution in [2.24, 2.45) is 0 Å². The number of hydrogen-bond acceptors (Lipinski definition) is 4. The Balaban J connectivity index is 2.38. The number of hydrogen-bond donors (Lipinski definition) is 0. The van der Waals surface area contributed by atoms with Gasteiger partial charge in [-0.3, -0.25) is 9.48 Å². The zero-order valence-corrected chi connectivity index (χ0v) is 13.1. The van der Waals surface area contributed by atoms with Crippen molar-refractivity contribution in [2.75, 3.05) is 18.6 Å². The summed E-state index contributed by atoms with van der Waals surface area (Å²) in [6.45, 7) is 4.07.